The molecule has 0 aliphatic heterocycles. The molecule has 0 saturated heterocycles. The van der Waals surface area contributed by atoms with Gasteiger partial charge in [0.05, 0.1) is 12.3 Å². The minimum Gasteiger partial charge on any atom is -0.491 e. The molecule has 2 aromatic rings. The molecule has 0 aliphatic rings. The summed E-state index contributed by atoms with van der Waals surface area (Å²) in [6.45, 7) is 3.76. The summed E-state index contributed by atoms with van der Waals surface area (Å²) in [6, 6.07) is 18.5. The lowest BCUT2D eigenvalue weighted by Gasteiger charge is -2.13. The number of nitrogens with one attached hydrogen (secondary N) is 1. The molecule has 100 valence electrons. The lowest BCUT2D eigenvalue weighted by atomic mass is 10.2. The van der Waals surface area contributed by atoms with Gasteiger partial charge in [-0.25, -0.2) is 0 Å². The number of hydrogen-bond acceptors (Lipinski definition) is 2. The molecule has 0 fully saturated rings. The van der Waals surface area contributed by atoms with Crippen molar-refractivity contribution in [3.63, 3.8) is 0 Å². The molecule has 0 spiro atoms. The highest BCUT2D eigenvalue weighted by atomic mass is 16.5. The van der Waals surface area contributed by atoms with E-state index in [9.17, 15) is 0 Å². The van der Waals surface area contributed by atoms with Gasteiger partial charge in [0.25, 0.3) is 0 Å². The molecule has 19 heavy (non-hydrogen) atoms. The third-order valence-corrected chi connectivity index (χ3v) is 2.97. The van der Waals surface area contributed by atoms with E-state index in [0.717, 1.165) is 37.4 Å². The molecule has 0 amide bonds. The predicted molar refractivity (Wildman–Crippen MR) is 80.6 cm³/mol. The molecule has 0 saturated carbocycles. The van der Waals surface area contributed by atoms with E-state index >= 15 is 0 Å². The highest BCUT2D eigenvalue weighted by Crippen LogP contribution is 2.24. The van der Waals surface area contributed by atoms with E-state index in [0.29, 0.717) is 0 Å². The van der Waals surface area contributed by atoms with Crippen LogP contribution in [0.25, 0.3) is 0 Å². The van der Waals surface area contributed by atoms with Crippen molar-refractivity contribution in [3.8, 4) is 5.75 Å². The fraction of sp³-hybridized carbons (Fsp3) is 0.294. The van der Waals surface area contributed by atoms with Gasteiger partial charge in [0.1, 0.15) is 5.75 Å². The van der Waals surface area contributed by atoms with Crippen LogP contribution in [-0.2, 0) is 6.54 Å². The summed E-state index contributed by atoms with van der Waals surface area (Å²) in [6.07, 6.45) is 2.24. The Morgan fingerprint density at radius 1 is 0.947 bits per heavy atom. The quantitative estimate of drug-likeness (QED) is 0.737. The Morgan fingerprint density at radius 2 is 1.68 bits per heavy atom. The van der Waals surface area contributed by atoms with Gasteiger partial charge in [0.15, 0.2) is 0 Å². The van der Waals surface area contributed by atoms with E-state index in [2.05, 4.69) is 42.6 Å². The summed E-state index contributed by atoms with van der Waals surface area (Å²) in [5.41, 5.74) is 2.33. The average Bonchev–Trinajstić information content (AvgIpc) is 2.48. The van der Waals surface area contributed by atoms with Crippen LogP contribution in [0.3, 0.4) is 0 Å². The number of anilines is 1. The third kappa shape index (κ3) is 4.32. The van der Waals surface area contributed by atoms with Gasteiger partial charge in [-0.05, 0) is 24.1 Å². The normalized spacial score (nSPS) is 10.2. The maximum atomic E-state index is 5.80. The Balaban J connectivity index is 1.95. The van der Waals surface area contributed by atoms with Crippen molar-refractivity contribution in [2.75, 3.05) is 11.9 Å². The zero-order valence-electron chi connectivity index (χ0n) is 11.4. The first kappa shape index (κ1) is 13.5. The molecule has 2 rings (SSSR count). The van der Waals surface area contributed by atoms with Crippen molar-refractivity contribution >= 4 is 5.69 Å². The lowest BCUT2D eigenvalue weighted by Crippen LogP contribution is -2.03. The van der Waals surface area contributed by atoms with Gasteiger partial charge >= 0.3 is 0 Å². The van der Waals surface area contributed by atoms with E-state index in [-0.39, 0.29) is 0 Å². The van der Waals surface area contributed by atoms with Crippen LogP contribution >= 0.6 is 0 Å². The first-order valence-electron chi connectivity index (χ1n) is 6.90. The van der Waals surface area contributed by atoms with Gasteiger partial charge in [-0.15, -0.1) is 0 Å². The van der Waals surface area contributed by atoms with Crippen LogP contribution < -0.4 is 10.1 Å². The summed E-state index contributed by atoms with van der Waals surface area (Å²) in [5, 5.41) is 3.43. The third-order valence-electron chi connectivity index (χ3n) is 2.97. The number of unbranched alkanes of at least 4 members (excludes halogenated alkanes) is 1. The smallest absolute Gasteiger partial charge is 0.142 e. The Morgan fingerprint density at radius 3 is 2.47 bits per heavy atom. The molecule has 0 heterocycles. The molecule has 2 heteroatoms. The minimum absolute atomic E-state index is 0.778. The summed E-state index contributed by atoms with van der Waals surface area (Å²) in [7, 11) is 0. The zero-order valence-corrected chi connectivity index (χ0v) is 11.4. The minimum atomic E-state index is 0.778. The van der Waals surface area contributed by atoms with Crippen LogP contribution in [0.5, 0.6) is 5.75 Å². The molecule has 0 atom stereocenters. The second kappa shape index (κ2) is 7.47. The summed E-state index contributed by atoms with van der Waals surface area (Å²) in [4.78, 5) is 0. The van der Waals surface area contributed by atoms with Crippen molar-refractivity contribution < 1.29 is 4.74 Å². The topological polar surface area (TPSA) is 21.3 Å². The molecular weight excluding hydrogens is 234 g/mol. The van der Waals surface area contributed by atoms with Gasteiger partial charge < -0.3 is 10.1 Å². The largest absolute Gasteiger partial charge is 0.491 e. The SMILES string of the molecule is CCCCOc1ccccc1NCc1ccccc1. The molecule has 2 aromatic carbocycles. The van der Waals surface area contributed by atoms with E-state index in [1.807, 2.05) is 24.3 Å². The number of ether oxygens (including phenoxy) is 1. The lowest BCUT2D eigenvalue weighted by molar-refractivity contribution is 0.310. The number of para-hydroxylation sites is 2. The van der Waals surface area contributed by atoms with Crippen LogP contribution in [0.15, 0.2) is 54.6 Å². The molecule has 0 aliphatic carbocycles. The van der Waals surface area contributed by atoms with Gasteiger partial charge in [0.2, 0.25) is 0 Å². The van der Waals surface area contributed by atoms with Crippen molar-refractivity contribution in [3.05, 3.63) is 60.2 Å². The summed E-state index contributed by atoms with van der Waals surface area (Å²) < 4.78 is 5.80. The van der Waals surface area contributed by atoms with Crippen molar-refractivity contribution in [1.29, 1.82) is 0 Å². The van der Waals surface area contributed by atoms with Crippen molar-refractivity contribution in [1.82, 2.24) is 0 Å². The van der Waals surface area contributed by atoms with E-state index in [4.69, 9.17) is 4.74 Å². The Labute approximate surface area is 115 Å². The summed E-state index contributed by atoms with van der Waals surface area (Å²) >= 11 is 0. The molecule has 0 aromatic heterocycles. The van der Waals surface area contributed by atoms with E-state index in [1.54, 1.807) is 0 Å². The second-order valence-corrected chi connectivity index (χ2v) is 4.54. The predicted octanol–water partition coefficient (Wildman–Crippen LogP) is 4.48. The highest BCUT2D eigenvalue weighted by molar-refractivity contribution is 5.56. The summed E-state index contributed by atoms with van der Waals surface area (Å²) in [5.74, 6) is 0.937. The zero-order chi connectivity index (χ0) is 13.3. The fourth-order valence-electron chi connectivity index (χ4n) is 1.86. The monoisotopic (exact) mass is 255 g/mol. The first-order chi connectivity index (χ1) is 9.40. The fourth-order valence-corrected chi connectivity index (χ4v) is 1.86. The Hall–Kier alpha value is -1.96. The van der Waals surface area contributed by atoms with Crippen LogP contribution in [-0.4, -0.2) is 6.61 Å². The van der Waals surface area contributed by atoms with E-state index in [1.165, 1.54) is 5.56 Å². The van der Waals surface area contributed by atoms with Crippen molar-refractivity contribution in [2.24, 2.45) is 0 Å². The van der Waals surface area contributed by atoms with Crippen LogP contribution in [0.4, 0.5) is 5.69 Å². The number of rotatable bonds is 7. The average molecular weight is 255 g/mol. The van der Waals surface area contributed by atoms with Gasteiger partial charge in [-0.3, -0.25) is 0 Å². The standard InChI is InChI=1S/C17H21NO/c1-2-3-13-19-17-12-8-7-11-16(17)18-14-15-9-5-4-6-10-15/h4-12,18H,2-3,13-14H2,1H3. The molecule has 0 bridgehead atoms. The maximum absolute atomic E-state index is 5.80. The van der Waals surface area contributed by atoms with Gasteiger partial charge in [0, 0.05) is 6.54 Å². The highest BCUT2D eigenvalue weighted by Gasteiger charge is 2.02. The number of hydrogen-bond donors (Lipinski definition) is 1. The van der Waals surface area contributed by atoms with Gasteiger partial charge in [-0.1, -0.05) is 55.8 Å². The van der Waals surface area contributed by atoms with Gasteiger partial charge in [-0.2, -0.15) is 0 Å². The molecule has 1 N–H and O–H groups in total. The molecule has 0 unspecified atom stereocenters. The Kier molecular flexibility index (Phi) is 5.30. The molecular formula is C17H21NO. The van der Waals surface area contributed by atoms with Crippen LogP contribution in [0.2, 0.25) is 0 Å². The second-order valence-electron chi connectivity index (χ2n) is 4.54. The maximum Gasteiger partial charge on any atom is 0.142 e. The van der Waals surface area contributed by atoms with E-state index < -0.39 is 0 Å². The Bertz CT molecular complexity index is 482. The molecule has 0 radical (unpaired) electrons. The molecule has 2 nitrogen and oxygen atoms in total. The van der Waals surface area contributed by atoms with Crippen LogP contribution in [0.1, 0.15) is 25.3 Å². The number of benzene rings is 2. The van der Waals surface area contributed by atoms with Crippen molar-refractivity contribution in [2.45, 2.75) is 26.3 Å². The van der Waals surface area contributed by atoms with Crippen LogP contribution in [0, 0.1) is 0 Å². The first-order valence-corrected chi connectivity index (χ1v) is 6.90.